The van der Waals surface area contributed by atoms with E-state index in [2.05, 4.69) is 4.98 Å². The second kappa shape index (κ2) is 5.31. The number of alkyl halides is 4. The van der Waals surface area contributed by atoms with E-state index < -0.39 is 24.8 Å². The van der Waals surface area contributed by atoms with Crippen molar-refractivity contribution in [1.82, 2.24) is 10.3 Å². The number of hydrogen-bond acceptors (Lipinski definition) is 2. The molecule has 0 saturated heterocycles. The van der Waals surface area contributed by atoms with Crippen molar-refractivity contribution in [3.05, 3.63) is 29.0 Å². The molecule has 0 aliphatic carbocycles. The van der Waals surface area contributed by atoms with Gasteiger partial charge in [0.1, 0.15) is 10.8 Å². The van der Waals surface area contributed by atoms with Gasteiger partial charge in [-0.3, -0.25) is 4.79 Å². The van der Waals surface area contributed by atoms with Gasteiger partial charge in [0, 0.05) is 0 Å². The molecule has 1 heterocycles. The lowest BCUT2D eigenvalue weighted by molar-refractivity contribution is -0.123. The van der Waals surface area contributed by atoms with Crippen molar-refractivity contribution in [3.63, 3.8) is 0 Å². The van der Waals surface area contributed by atoms with Crippen LogP contribution in [0.3, 0.4) is 0 Å². The topological polar surface area (TPSA) is 42.0 Å². The molecule has 1 amide bonds. The van der Waals surface area contributed by atoms with Crippen LogP contribution < -0.4 is 5.32 Å². The van der Waals surface area contributed by atoms with Crippen LogP contribution in [0.5, 0.6) is 0 Å². The first-order chi connectivity index (χ1) is 7.83. The van der Waals surface area contributed by atoms with Crippen LogP contribution in [-0.4, -0.2) is 29.8 Å². The highest BCUT2D eigenvalue weighted by molar-refractivity contribution is 6.29. The first-order valence-corrected chi connectivity index (χ1v) is 4.77. The van der Waals surface area contributed by atoms with Gasteiger partial charge in [-0.2, -0.15) is 8.78 Å². The Morgan fingerprint density at radius 3 is 2.65 bits per heavy atom. The van der Waals surface area contributed by atoms with Crippen molar-refractivity contribution in [3.8, 4) is 0 Å². The minimum absolute atomic E-state index is 0.00160. The first-order valence-electron chi connectivity index (χ1n) is 4.39. The summed E-state index contributed by atoms with van der Waals surface area (Å²) >= 11 is 5.47. The average molecular weight is 271 g/mol. The van der Waals surface area contributed by atoms with Gasteiger partial charge in [-0.05, 0) is 12.1 Å². The van der Waals surface area contributed by atoms with Gasteiger partial charge in [0.25, 0.3) is 5.91 Å². The molecule has 0 atom stereocenters. The second-order valence-corrected chi connectivity index (χ2v) is 3.48. The third kappa shape index (κ3) is 3.85. The molecule has 0 radical (unpaired) electrons. The van der Waals surface area contributed by atoms with Crippen molar-refractivity contribution in [2.45, 2.75) is 12.3 Å². The molecule has 1 rings (SSSR count). The summed E-state index contributed by atoms with van der Waals surface area (Å²) in [6.07, 6.45) is -3.84. The lowest BCUT2D eigenvalue weighted by atomic mass is 10.3. The molecular formula is C9H7ClF4N2O. The van der Waals surface area contributed by atoms with Gasteiger partial charge < -0.3 is 5.32 Å². The van der Waals surface area contributed by atoms with E-state index in [1.54, 1.807) is 5.32 Å². The van der Waals surface area contributed by atoms with Crippen molar-refractivity contribution in [1.29, 1.82) is 0 Å². The van der Waals surface area contributed by atoms with Crippen LogP contribution >= 0.6 is 11.6 Å². The highest BCUT2D eigenvalue weighted by Crippen LogP contribution is 2.21. The minimum Gasteiger partial charge on any atom is -0.344 e. The number of nitrogens with zero attached hydrogens (tertiary/aromatic N) is 1. The summed E-state index contributed by atoms with van der Waals surface area (Å²) in [6, 6.07) is 3.99. The molecule has 0 unspecified atom stereocenters. The Bertz CT molecular complexity index is 414. The van der Waals surface area contributed by atoms with E-state index in [4.69, 9.17) is 11.6 Å². The largest absolute Gasteiger partial charge is 0.344 e. The van der Waals surface area contributed by atoms with Gasteiger partial charge in [0.05, 0.1) is 6.54 Å². The fraction of sp³-hybridized carbons (Fsp3) is 0.333. The smallest absolute Gasteiger partial charge is 0.324 e. The normalized spacial score (nSPS) is 11.6. The van der Waals surface area contributed by atoms with Crippen molar-refractivity contribution < 1.29 is 22.4 Å². The summed E-state index contributed by atoms with van der Waals surface area (Å²) in [5, 5.41) is 1.66. The predicted molar refractivity (Wildman–Crippen MR) is 52.5 cm³/mol. The van der Waals surface area contributed by atoms with E-state index in [1.165, 1.54) is 18.2 Å². The monoisotopic (exact) mass is 270 g/mol. The van der Waals surface area contributed by atoms with Crippen LogP contribution in [0, 0.1) is 0 Å². The summed E-state index contributed by atoms with van der Waals surface area (Å²) in [4.78, 5) is 14.8. The lowest BCUT2D eigenvalue weighted by Gasteiger charge is -2.15. The quantitative estimate of drug-likeness (QED) is 0.674. The first kappa shape index (κ1) is 13.7. The Labute approximate surface area is 98.8 Å². The number of rotatable bonds is 4. The Hall–Kier alpha value is -1.37. The Balaban J connectivity index is 2.62. The van der Waals surface area contributed by atoms with E-state index in [1.807, 2.05) is 0 Å². The zero-order chi connectivity index (χ0) is 13.1. The molecule has 0 bridgehead atoms. The lowest BCUT2D eigenvalue weighted by Crippen LogP contribution is -2.41. The van der Waals surface area contributed by atoms with Gasteiger partial charge >= 0.3 is 12.3 Å². The van der Waals surface area contributed by atoms with E-state index in [-0.39, 0.29) is 10.8 Å². The fourth-order valence-corrected chi connectivity index (χ4v) is 1.06. The summed E-state index contributed by atoms with van der Waals surface area (Å²) in [7, 11) is 0. The van der Waals surface area contributed by atoms with Crippen LogP contribution in [0.15, 0.2) is 18.2 Å². The van der Waals surface area contributed by atoms with E-state index >= 15 is 0 Å². The number of hydrogen-bond donors (Lipinski definition) is 1. The maximum atomic E-state index is 12.5. The maximum absolute atomic E-state index is 12.5. The molecule has 94 valence electrons. The Kier molecular flexibility index (Phi) is 4.28. The molecule has 1 aromatic heterocycles. The van der Waals surface area contributed by atoms with Gasteiger partial charge in [-0.25, -0.2) is 13.8 Å². The Morgan fingerprint density at radius 1 is 1.47 bits per heavy atom. The minimum atomic E-state index is -4.27. The molecular weight excluding hydrogens is 264 g/mol. The summed E-state index contributed by atoms with van der Waals surface area (Å²) in [5.41, 5.74) is -0.220. The number of aromatic nitrogens is 1. The molecule has 8 heteroatoms. The highest BCUT2D eigenvalue weighted by Gasteiger charge is 2.40. The standard InChI is InChI=1S/C9H7ClF4N2O/c10-6-3-1-2-5(16-6)7(17)15-4-9(13,14)8(11)12/h1-3,8H,4H2,(H,15,17). The second-order valence-electron chi connectivity index (χ2n) is 3.09. The molecule has 0 aliphatic rings. The van der Waals surface area contributed by atoms with Crippen LogP contribution in [-0.2, 0) is 0 Å². The fourth-order valence-electron chi connectivity index (χ4n) is 0.901. The molecule has 3 nitrogen and oxygen atoms in total. The summed E-state index contributed by atoms with van der Waals surface area (Å²) in [6.45, 7) is -1.46. The molecule has 0 saturated carbocycles. The van der Waals surface area contributed by atoms with Gasteiger partial charge in [-0.15, -0.1) is 0 Å². The number of pyridine rings is 1. The summed E-state index contributed by atoms with van der Waals surface area (Å²) in [5.74, 6) is -5.26. The van der Waals surface area contributed by atoms with Crippen molar-refractivity contribution in [2.24, 2.45) is 0 Å². The molecule has 1 aromatic rings. The zero-order valence-electron chi connectivity index (χ0n) is 8.26. The maximum Gasteiger partial charge on any atom is 0.324 e. The Morgan fingerprint density at radius 2 is 2.12 bits per heavy atom. The van der Waals surface area contributed by atoms with Crippen molar-refractivity contribution >= 4 is 17.5 Å². The van der Waals surface area contributed by atoms with E-state index in [0.29, 0.717) is 0 Å². The molecule has 17 heavy (non-hydrogen) atoms. The number of carbonyl (C=O) groups is 1. The SMILES string of the molecule is O=C(NCC(F)(F)C(F)F)c1cccc(Cl)n1. The van der Waals surface area contributed by atoms with Crippen LogP contribution in [0.25, 0.3) is 0 Å². The van der Waals surface area contributed by atoms with Crippen LogP contribution in [0.2, 0.25) is 5.15 Å². The number of nitrogens with one attached hydrogen (secondary N) is 1. The molecule has 0 aliphatic heterocycles. The van der Waals surface area contributed by atoms with Crippen LogP contribution in [0.1, 0.15) is 10.5 Å². The predicted octanol–water partition coefficient (Wildman–Crippen LogP) is 2.37. The van der Waals surface area contributed by atoms with Crippen LogP contribution in [0.4, 0.5) is 17.6 Å². The highest BCUT2D eigenvalue weighted by atomic mass is 35.5. The third-order valence-electron chi connectivity index (χ3n) is 1.75. The van der Waals surface area contributed by atoms with Gasteiger partial charge in [-0.1, -0.05) is 17.7 Å². The molecule has 0 fully saturated rings. The zero-order valence-corrected chi connectivity index (χ0v) is 9.02. The van der Waals surface area contributed by atoms with E-state index in [0.717, 1.165) is 0 Å². The molecule has 0 aromatic carbocycles. The number of halogens is 5. The summed E-state index contributed by atoms with van der Waals surface area (Å²) < 4.78 is 48.6. The van der Waals surface area contributed by atoms with Gasteiger partial charge in [0.2, 0.25) is 0 Å². The molecule has 0 spiro atoms. The third-order valence-corrected chi connectivity index (χ3v) is 1.96. The number of amides is 1. The number of carbonyl (C=O) groups excluding carboxylic acids is 1. The average Bonchev–Trinajstić information content (AvgIpc) is 2.25. The van der Waals surface area contributed by atoms with Crippen molar-refractivity contribution in [2.75, 3.05) is 6.54 Å². The van der Waals surface area contributed by atoms with E-state index in [9.17, 15) is 22.4 Å². The molecule has 1 N–H and O–H groups in total. The van der Waals surface area contributed by atoms with Gasteiger partial charge in [0.15, 0.2) is 0 Å².